The van der Waals surface area contributed by atoms with Gasteiger partial charge >= 0.3 is 25.3 Å². The molecule has 0 aliphatic carbocycles. The fourth-order valence-corrected chi connectivity index (χ4v) is 10.4. The highest BCUT2D eigenvalue weighted by Crippen LogP contribution is 2.43. The highest BCUT2D eigenvalue weighted by Gasteiger charge is 2.50. The minimum atomic E-state index is -3.10. The second-order valence-electron chi connectivity index (χ2n) is 19.3. The zero-order valence-electron chi connectivity index (χ0n) is 42.0. The summed E-state index contributed by atoms with van der Waals surface area (Å²) in [5.74, 6) is -2.22. The summed E-state index contributed by atoms with van der Waals surface area (Å²) < 4.78 is 55.3. The Morgan fingerprint density at radius 3 is 1.90 bits per heavy atom. The van der Waals surface area contributed by atoms with Gasteiger partial charge in [0.1, 0.15) is 29.0 Å². The predicted octanol–water partition coefficient (Wildman–Crippen LogP) is 11.2. The lowest BCUT2D eigenvalue weighted by molar-refractivity contribution is -0.343. The number of benzene rings is 5. The van der Waals surface area contributed by atoms with E-state index in [4.69, 9.17) is 18.6 Å². The van der Waals surface area contributed by atoms with Crippen LogP contribution in [0.5, 0.6) is 5.75 Å². The van der Waals surface area contributed by atoms with Crippen molar-refractivity contribution in [3.63, 3.8) is 0 Å². The normalized spacial score (nSPS) is 13.8. The highest BCUT2D eigenvalue weighted by atomic mass is 19.2. The maximum absolute atomic E-state index is 15.3. The molecular formula is C57H53BF2N3O9+. The Morgan fingerprint density at radius 1 is 0.708 bits per heavy atom. The van der Waals surface area contributed by atoms with Crippen molar-refractivity contribution in [2.24, 2.45) is 0 Å². The number of hydrogen-bond acceptors (Lipinski definition) is 9. The number of esters is 3. The van der Waals surface area contributed by atoms with Crippen molar-refractivity contribution in [3.8, 4) is 16.9 Å². The summed E-state index contributed by atoms with van der Waals surface area (Å²) in [4.78, 5) is 72.3. The minimum absolute atomic E-state index is 0.00279. The number of fused-ring (bicyclic) bond motifs is 2. The van der Waals surface area contributed by atoms with Crippen LogP contribution in [0.15, 0.2) is 110 Å². The average Bonchev–Trinajstić information content (AvgIpc) is 3.77. The van der Waals surface area contributed by atoms with Crippen molar-refractivity contribution in [1.29, 1.82) is 0 Å². The minimum Gasteiger partial charge on any atom is -0.462 e. The van der Waals surface area contributed by atoms with Gasteiger partial charge in [0, 0.05) is 45.1 Å². The van der Waals surface area contributed by atoms with Gasteiger partial charge in [-0.25, -0.2) is 27.5 Å². The maximum Gasteiger partial charge on any atom is 0.934 e. The number of hydrogen-bond donors (Lipinski definition) is 1. The highest BCUT2D eigenvalue weighted by molar-refractivity contribution is 6.37. The predicted molar refractivity (Wildman–Crippen MR) is 277 cm³/mol. The van der Waals surface area contributed by atoms with Gasteiger partial charge in [0.2, 0.25) is 0 Å². The summed E-state index contributed by atoms with van der Waals surface area (Å²) in [6.45, 7) is 19.0. The first kappa shape index (κ1) is 49.1. The van der Waals surface area contributed by atoms with Crippen molar-refractivity contribution in [3.05, 3.63) is 161 Å². The fraction of sp³-hybridized carbons (Fsp3) is 0.263. The molecule has 5 aromatic carbocycles. The monoisotopic (exact) mass is 972 g/mol. The molecule has 0 atom stereocenters. The Balaban J connectivity index is 1.10. The van der Waals surface area contributed by atoms with E-state index in [0.717, 1.165) is 31.0 Å². The number of nitrogens with zero attached hydrogens (tertiary/aromatic N) is 2. The third-order valence-electron chi connectivity index (χ3n) is 13.7. The summed E-state index contributed by atoms with van der Waals surface area (Å²) in [5, 5.41) is 3.12. The lowest BCUT2D eigenvalue weighted by Crippen LogP contribution is -2.37. The second kappa shape index (κ2) is 18.3. The van der Waals surface area contributed by atoms with E-state index in [9.17, 15) is 24.0 Å². The third-order valence-corrected chi connectivity index (χ3v) is 13.7. The number of carbonyl (C=O) groups is 3. The van der Waals surface area contributed by atoms with Crippen LogP contribution in [0.1, 0.15) is 98.0 Å². The summed E-state index contributed by atoms with van der Waals surface area (Å²) >= 11 is 0. The first-order valence-corrected chi connectivity index (χ1v) is 23.8. The number of rotatable bonds is 11. The van der Waals surface area contributed by atoms with Crippen molar-refractivity contribution in [2.45, 2.75) is 88.1 Å². The van der Waals surface area contributed by atoms with Gasteiger partial charge in [-0.05, 0) is 141 Å². The molecule has 0 spiro atoms. The van der Waals surface area contributed by atoms with Gasteiger partial charge in [-0.2, -0.15) is 0 Å². The maximum atomic E-state index is 15.3. The van der Waals surface area contributed by atoms with Gasteiger partial charge in [-0.1, -0.05) is 57.2 Å². The van der Waals surface area contributed by atoms with Crippen LogP contribution in [-0.2, 0) is 31.0 Å². The van der Waals surface area contributed by atoms with Crippen molar-refractivity contribution in [2.75, 3.05) is 13.2 Å². The Kier molecular flexibility index (Phi) is 12.5. The van der Waals surface area contributed by atoms with Crippen LogP contribution in [0.4, 0.5) is 8.63 Å². The molecule has 4 heterocycles. The summed E-state index contributed by atoms with van der Waals surface area (Å²) in [6, 6.07) is 24.3. The number of nitrogens with one attached hydrogen (secondary N) is 1. The quantitative estimate of drug-likeness (QED) is 0.0439. The molecule has 0 bridgehead atoms. The number of allylic oxidation sites excluding steroid dienone is 1. The van der Waals surface area contributed by atoms with Crippen LogP contribution in [-0.4, -0.2) is 58.3 Å². The van der Waals surface area contributed by atoms with Crippen LogP contribution in [0.2, 0.25) is 0 Å². The van der Waals surface area contributed by atoms with Gasteiger partial charge in [0.05, 0.1) is 30.0 Å². The number of halogens is 2. The molecule has 366 valence electrons. The van der Waals surface area contributed by atoms with Gasteiger partial charge in [-0.3, -0.25) is 14.2 Å². The average molecular weight is 973 g/mol. The Bertz CT molecular complexity index is 3790. The molecular weight excluding hydrogens is 919 g/mol. The molecule has 12 nitrogen and oxygen atoms in total. The number of pyridine rings is 1. The van der Waals surface area contributed by atoms with E-state index in [0.29, 0.717) is 55.6 Å². The second-order valence-corrected chi connectivity index (χ2v) is 19.3. The van der Waals surface area contributed by atoms with Gasteiger partial charge in [0.25, 0.3) is 11.1 Å². The summed E-state index contributed by atoms with van der Waals surface area (Å²) in [5.41, 5.74) is 6.26. The zero-order valence-corrected chi connectivity index (χ0v) is 42.0. The van der Waals surface area contributed by atoms with Gasteiger partial charge in [0.15, 0.2) is 11.4 Å². The van der Waals surface area contributed by atoms with Crippen LogP contribution in [0, 0.1) is 27.7 Å². The molecule has 0 saturated heterocycles. The van der Waals surface area contributed by atoms with Crippen molar-refractivity contribution < 1.29 is 46.1 Å². The smallest absolute Gasteiger partial charge is 0.462 e. The molecule has 15 heteroatoms. The third kappa shape index (κ3) is 8.10. The van der Waals surface area contributed by atoms with Crippen molar-refractivity contribution >= 4 is 80.1 Å². The standard InChI is InChI=1S/C57H52BF2N3O9/c1-12-69-55(67)46-30(5)51(61-32(46)7)50(52-31(6)47(56(68)70-13-2)33(8)63(52)58(59)60)45-28(3)24-37(25-29(45)4)71-44(64)27-62-53(65)39-20-19-38-41-26-35(34-14-17-36(18-15-34)57(9,10)11)16-22-42(41)72-43-23-21-40(54(62)66)48(39)49(38)43/h14-26H,12-13,27H2,1-11H3/p+1. The lowest BCUT2D eigenvalue weighted by Gasteiger charge is -2.19. The summed E-state index contributed by atoms with van der Waals surface area (Å²) in [7, 11) is -3.10. The zero-order chi connectivity index (χ0) is 51.8. The Labute approximate surface area is 413 Å². The number of carbonyl (C=O) groups excluding carboxylic acids is 3. The molecule has 0 radical (unpaired) electrons. The van der Waals surface area contributed by atoms with E-state index < -0.39 is 43.0 Å². The summed E-state index contributed by atoms with van der Waals surface area (Å²) in [6.07, 6.45) is 0. The van der Waals surface area contributed by atoms with Crippen LogP contribution < -0.4 is 15.9 Å². The molecule has 9 rings (SSSR count). The van der Waals surface area contributed by atoms with Crippen LogP contribution in [0.25, 0.3) is 60.2 Å². The van der Waals surface area contributed by atoms with Crippen molar-refractivity contribution in [1.82, 2.24) is 9.55 Å². The number of H-pyrrole nitrogens is 1. The molecule has 1 N–H and O–H groups in total. The van der Waals surface area contributed by atoms with E-state index in [1.165, 1.54) is 12.5 Å². The SMILES string of the molecule is CCOC(=O)C1=C(C)/C(=C(/c2[nH]c(C)c(C(=O)OCC)c2C)c2c(C)cc(OC(=O)Cn3c(=O)c4ccc5oc6ccc(-c7ccc(C(C)(C)C)cc7)cc6c6ccc(c3=O)c4c56)cc2C)[N+](B(F)F)=C1C. The van der Waals surface area contributed by atoms with E-state index in [2.05, 4.69) is 50.0 Å². The van der Waals surface area contributed by atoms with E-state index >= 15 is 8.63 Å². The lowest BCUT2D eigenvalue weighted by atomic mass is 9.86. The van der Waals surface area contributed by atoms with E-state index in [-0.39, 0.29) is 68.8 Å². The molecule has 3 aromatic heterocycles. The topological polar surface area (TPSA) is 150 Å². The van der Waals surface area contributed by atoms with E-state index in [1.54, 1.807) is 78.8 Å². The molecule has 8 aromatic rings. The molecule has 0 amide bonds. The number of aromatic nitrogens is 2. The molecule has 0 unspecified atom stereocenters. The largest absolute Gasteiger partial charge is 0.934 e. The van der Waals surface area contributed by atoms with E-state index in [1.807, 2.05) is 24.3 Å². The van der Waals surface area contributed by atoms with Gasteiger partial charge < -0.3 is 23.6 Å². The fourth-order valence-electron chi connectivity index (χ4n) is 10.4. The first-order valence-electron chi connectivity index (χ1n) is 23.8. The number of aryl methyl sites for hydroxylation is 3. The number of aromatic amines is 1. The first-order chi connectivity index (χ1) is 34.2. The molecule has 72 heavy (non-hydrogen) atoms. The van der Waals surface area contributed by atoms with Gasteiger partial charge in [-0.15, -0.1) is 0 Å². The Hall–Kier alpha value is -7.94. The molecule has 1 aliphatic heterocycles. The molecule has 0 saturated carbocycles. The van der Waals surface area contributed by atoms with Crippen LogP contribution in [0.3, 0.4) is 0 Å². The molecule has 1 aliphatic rings. The number of ether oxygens (including phenoxy) is 3. The molecule has 0 fully saturated rings. The van der Waals surface area contributed by atoms with Crippen LogP contribution >= 0.6 is 0 Å². The Morgan fingerprint density at radius 2 is 1.29 bits per heavy atom.